The summed E-state index contributed by atoms with van der Waals surface area (Å²) in [6.45, 7) is 6.85. The second-order valence-corrected chi connectivity index (χ2v) is 6.96. The van der Waals surface area contributed by atoms with Crippen LogP contribution >= 0.6 is 0 Å². The number of hydrogen-bond acceptors (Lipinski definition) is 4. The van der Waals surface area contributed by atoms with Gasteiger partial charge >= 0.3 is 11.9 Å². The molecule has 1 unspecified atom stereocenters. The predicted molar refractivity (Wildman–Crippen MR) is 97.5 cm³/mol. The number of nitrogens with one attached hydrogen (secondary N) is 2. The summed E-state index contributed by atoms with van der Waals surface area (Å²) in [7, 11) is 0. The smallest absolute Gasteiger partial charge is 0.321 e. The Morgan fingerprint density at radius 1 is 1.00 bits per heavy atom. The summed E-state index contributed by atoms with van der Waals surface area (Å²) in [5.74, 6) is -3.50. The Labute approximate surface area is 173 Å². The normalized spacial score (nSPS) is 12.4. The van der Waals surface area contributed by atoms with Gasteiger partial charge in [0.05, 0.1) is 12.0 Å². The second-order valence-electron chi connectivity index (χ2n) is 6.96. The van der Waals surface area contributed by atoms with Crippen molar-refractivity contribution in [2.75, 3.05) is 6.54 Å². The van der Waals surface area contributed by atoms with Crippen molar-refractivity contribution < 1.29 is 44.7 Å². The van der Waals surface area contributed by atoms with Gasteiger partial charge in [-0.1, -0.05) is 58.0 Å². The molecule has 1 aromatic rings. The Balaban J connectivity index is 0.00000676. The molecule has 27 heavy (non-hydrogen) atoms. The van der Waals surface area contributed by atoms with Crippen molar-refractivity contribution in [1.82, 2.24) is 10.6 Å². The van der Waals surface area contributed by atoms with Crippen molar-refractivity contribution in [3.8, 4) is 0 Å². The van der Waals surface area contributed by atoms with Crippen LogP contribution in [0.3, 0.4) is 0 Å². The summed E-state index contributed by atoms with van der Waals surface area (Å²) in [5.41, 5.74) is -0.414. The van der Waals surface area contributed by atoms with E-state index in [4.69, 9.17) is 5.11 Å². The van der Waals surface area contributed by atoms with Gasteiger partial charge in [-0.3, -0.25) is 19.7 Å². The van der Waals surface area contributed by atoms with E-state index >= 15 is 0 Å². The average Bonchev–Trinajstić information content (AvgIpc) is 2.56. The van der Waals surface area contributed by atoms with E-state index in [1.54, 1.807) is 27.7 Å². The zero-order chi connectivity index (χ0) is 19.9. The Hall–Kier alpha value is -1.76. The molecule has 0 saturated heterocycles. The van der Waals surface area contributed by atoms with E-state index in [-0.39, 0.29) is 38.5 Å². The molecule has 0 fully saturated rings. The van der Waals surface area contributed by atoms with E-state index in [1.807, 2.05) is 30.3 Å². The first kappa shape index (κ1) is 25.2. The number of carbonyl (C=O) groups is 3. The van der Waals surface area contributed by atoms with Gasteiger partial charge in [-0.05, 0) is 17.4 Å². The Bertz CT molecular complexity index is 626. The number of rotatable bonds is 10. The van der Waals surface area contributed by atoms with Crippen molar-refractivity contribution >= 4 is 17.8 Å². The van der Waals surface area contributed by atoms with Crippen LogP contribution in [-0.2, 0) is 41.0 Å². The monoisotopic (exact) mass is 461 g/mol. The molecule has 0 heterocycles. The fraction of sp³-hybridized carbons (Fsp3) is 0.526. The summed E-state index contributed by atoms with van der Waals surface area (Å²) in [5, 5.41) is 24.0. The number of carboxylic acid groups (broad SMARTS) is 2. The topological polar surface area (TPSA) is 116 Å². The van der Waals surface area contributed by atoms with E-state index < -0.39 is 35.8 Å². The van der Waals surface area contributed by atoms with Crippen LogP contribution in [0.15, 0.2) is 30.3 Å². The molecule has 0 aliphatic heterocycles. The molecule has 1 radical (unpaired) electrons. The van der Waals surface area contributed by atoms with Crippen LogP contribution in [0, 0.1) is 17.3 Å². The van der Waals surface area contributed by atoms with Gasteiger partial charge in [-0.15, -0.1) is 0 Å². The summed E-state index contributed by atoms with van der Waals surface area (Å²) >= 11 is 0. The molecule has 0 saturated carbocycles. The van der Waals surface area contributed by atoms with E-state index in [2.05, 4.69) is 10.6 Å². The quantitative estimate of drug-likeness (QED) is 0.421. The molecule has 1 rings (SSSR count). The number of aliphatic carboxylic acids is 2. The molecular formula is C19H28N2O5Tc. The number of benzene rings is 1. The van der Waals surface area contributed by atoms with Crippen molar-refractivity contribution in [1.29, 1.82) is 0 Å². The van der Waals surface area contributed by atoms with Crippen LogP contribution in [0.5, 0.6) is 0 Å². The fourth-order valence-electron chi connectivity index (χ4n) is 3.57. The minimum Gasteiger partial charge on any atom is -0.480 e. The van der Waals surface area contributed by atoms with Crippen LogP contribution in [0.2, 0.25) is 0 Å². The van der Waals surface area contributed by atoms with Gasteiger partial charge in [0.1, 0.15) is 6.04 Å². The number of hydrogen-bond donors (Lipinski definition) is 4. The first-order valence-corrected chi connectivity index (χ1v) is 8.64. The maximum absolute atomic E-state index is 13.2. The maximum atomic E-state index is 13.2. The third-order valence-electron chi connectivity index (χ3n) is 4.78. The summed E-state index contributed by atoms with van der Waals surface area (Å²) in [6.07, 6.45) is 0. The van der Waals surface area contributed by atoms with E-state index in [0.717, 1.165) is 5.56 Å². The van der Waals surface area contributed by atoms with Gasteiger partial charge in [0.15, 0.2) is 0 Å². The number of carboxylic acids is 2. The maximum Gasteiger partial charge on any atom is 0.321 e. The first-order chi connectivity index (χ1) is 12.1. The minimum absolute atomic E-state index is 0. The largest absolute Gasteiger partial charge is 0.480 e. The first-order valence-electron chi connectivity index (χ1n) is 8.64. The van der Waals surface area contributed by atoms with Crippen LogP contribution < -0.4 is 10.6 Å². The van der Waals surface area contributed by atoms with Gasteiger partial charge < -0.3 is 15.5 Å². The molecule has 1 aromatic carbocycles. The van der Waals surface area contributed by atoms with Crippen LogP contribution in [0.4, 0.5) is 0 Å². The molecule has 0 aromatic heterocycles. The zero-order valence-electron chi connectivity index (χ0n) is 16.0. The third-order valence-corrected chi connectivity index (χ3v) is 4.78. The van der Waals surface area contributed by atoms with Gasteiger partial charge in [0.25, 0.3) is 0 Å². The van der Waals surface area contributed by atoms with E-state index in [1.165, 1.54) is 0 Å². The zero-order valence-corrected chi connectivity index (χ0v) is 17.9. The van der Waals surface area contributed by atoms with Crippen molar-refractivity contribution in [2.24, 2.45) is 17.3 Å². The summed E-state index contributed by atoms with van der Waals surface area (Å²) < 4.78 is 0. The molecule has 7 nitrogen and oxygen atoms in total. The third kappa shape index (κ3) is 6.13. The van der Waals surface area contributed by atoms with Crippen molar-refractivity contribution in [3.05, 3.63) is 35.9 Å². The molecule has 151 valence electrons. The molecule has 1 amide bonds. The standard InChI is InChI=1S/C19H28N2O5.Tc/c1-12(2)19(13(3)4,16(17(24)25)20-11-15(22)23)18(26)21-10-14-8-6-5-7-9-14;/h5-9,12-13,16,20H,10-11H2,1-4H3,(H,21,26)(H,22,23)(H,24,25);. The van der Waals surface area contributed by atoms with Crippen molar-refractivity contribution in [2.45, 2.75) is 40.3 Å². The van der Waals surface area contributed by atoms with E-state index in [0.29, 0.717) is 0 Å². The minimum atomic E-state index is -1.32. The predicted octanol–water partition coefficient (Wildman–Crippen LogP) is 1.73. The average molecular weight is 462 g/mol. The van der Waals surface area contributed by atoms with Crippen molar-refractivity contribution in [3.63, 3.8) is 0 Å². The second kappa shape index (κ2) is 11.2. The molecular weight excluding hydrogens is 434 g/mol. The van der Waals surface area contributed by atoms with Gasteiger partial charge in [-0.2, -0.15) is 0 Å². The molecule has 1 atom stereocenters. The molecule has 0 aliphatic carbocycles. The Kier molecular flexibility index (Phi) is 10.4. The Morgan fingerprint density at radius 3 is 1.93 bits per heavy atom. The van der Waals surface area contributed by atoms with Crippen LogP contribution in [0.25, 0.3) is 0 Å². The molecule has 8 heteroatoms. The molecule has 0 spiro atoms. The number of carbonyl (C=O) groups excluding carboxylic acids is 1. The summed E-state index contributed by atoms with van der Waals surface area (Å²) in [4.78, 5) is 36.0. The van der Waals surface area contributed by atoms with Crippen LogP contribution in [-0.4, -0.2) is 40.6 Å². The van der Waals surface area contributed by atoms with Gasteiger partial charge in [0, 0.05) is 26.7 Å². The molecule has 0 bridgehead atoms. The SMILES string of the molecule is CC(C)C(C(=O)NCc1ccccc1)(C(C)C)C(NCC(=O)O)C(=O)O.[Tc]. The van der Waals surface area contributed by atoms with Gasteiger partial charge in [0.2, 0.25) is 5.91 Å². The molecule has 4 N–H and O–H groups in total. The summed E-state index contributed by atoms with van der Waals surface area (Å²) in [6, 6.07) is 7.99. The van der Waals surface area contributed by atoms with E-state index in [9.17, 15) is 19.5 Å². The molecule has 0 aliphatic rings. The fourth-order valence-corrected chi connectivity index (χ4v) is 3.57. The number of amides is 1. The Morgan fingerprint density at radius 2 is 1.52 bits per heavy atom. The van der Waals surface area contributed by atoms with Crippen LogP contribution in [0.1, 0.15) is 33.3 Å². The van der Waals surface area contributed by atoms with Gasteiger partial charge in [-0.25, -0.2) is 0 Å².